The van der Waals surface area contributed by atoms with Gasteiger partial charge in [0.1, 0.15) is 18.3 Å². The molecule has 0 saturated carbocycles. The summed E-state index contributed by atoms with van der Waals surface area (Å²) in [7, 11) is 0. The third kappa shape index (κ3) is 16.0. The highest BCUT2D eigenvalue weighted by Gasteiger charge is 2.45. The van der Waals surface area contributed by atoms with Crippen molar-refractivity contribution < 1.29 is 43.1 Å². The van der Waals surface area contributed by atoms with Gasteiger partial charge in [0.05, 0.1) is 31.6 Å². The van der Waals surface area contributed by atoms with Crippen molar-refractivity contribution >= 4 is 46.9 Å². The average molecular weight is 713 g/mol. The largest absolute Gasteiger partial charge is 0.463 e. The van der Waals surface area contributed by atoms with Crippen molar-refractivity contribution in [3.63, 3.8) is 0 Å². The zero-order valence-electron chi connectivity index (χ0n) is 31.1. The molecule has 0 bridgehead atoms. The molecule has 1 aliphatic rings. The first-order valence-electron chi connectivity index (χ1n) is 17.8. The fraction of sp³-hybridized carbons (Fsp3) is 0.632. The smallest absolute Gasteiger partial charge is 0.311 e. The number of nitrogens with one attached hydrogen (secondary N) is 3. The lowest BCUT2D eigenvalue weighted by molar-refractivity contribution is -0.153. The minimum atomic E-state index is -0.789. The summed E-state index contributed by atoms with van der Waals surface area (Å²) in [5.41, 5.74) is -0.245. The maximum absolute atomic E-state index is 13.0. The summed E-state index contributed by atoms with van der Waals surface area (Å²) in [5.74, 6) is -3.83. The molecule has 0 aliphatic carbocycles. The first-order valence-corrected chi connectivity index (χ1v) is 17.8. The SMILES string of the molecule is CC(C)(C)C(=O)OCCNC(=O)CNC(=O)[C@H](CC(=O)CNC(=O)CCC(=O)CCCCCN1CC(=O)C(C(C)(C)C)C1=O)Cc1ccccc1. The predicted molar refractivity (Wildman–Crippen MR) is 190 cm³/mol. The van der Waals surface area contributed by atoms with Crippen LogP contribution in [-0.4, -0.2) is 91.2 Å². The molecule has 0 radical (unpaired) electrons. The van der Waals surface area contributed by atoms with Crippen molar-refractivity contribution in [3.8, 4) is 0 Å². The highest BCUT2D eigenvalue weighted by Crippen LogP contribution is 2.32. The van der Waals surface area contributed by atoms with E-state index in [0.717, 1.165) is 5.56 Å². The molecule has 1 unspecified atom stereocenters. The summed E-state index contributed by atoms with van der Waals surface area (Å²) >= 11 is 0. The fourth-order valence-corrected chi connectivity index (χ4v) is 5.61. The third-order valence-electron chi connectivity index (χ3n) is 8.45. The fourth-order valence-electron chi connectivity index (χ4n) is 5.61. The number of hydrogen-bond acceptors (Lipinski definition) is 9. The van der Waals surface area contributed by atoms with E-state index in [0.29, 0.717) is 32.2 Å². The van der Waals surface area contributed by atoms with Gasteiger partial charge in [-0.05, 0) is 51.0 Å². The van der Waals surface area contributed by atoms with E-state index in [1.807, 2.05) is 51.1 Å². The van der Waals surface area contributed by atoms with Crippen LogP contribution < -0.4 is 16.0 Å². The molecule has 4 amide bonds. The molecule has 0 aromatic heterocycles. The van der Waals surface area contributed by atoms with Gasteiger partial charge >= 0.3 is 5.97 Å². The number of amides is 4. The summed E-state index contributed by atoms with van der Waals surface area (Å²) < 4.78 is 5.11. The van der Waals surface area contributed by atoms with Crippen molar-refractivity contribution in [2.75, 3.05) is 39.3 Å². The summed E-state index contributed by atoms with van der Waals surface area (Å²) in [4.78, 5) is 101. The van der Waals surface area contributed by atoms with Gasteiger partial charge in [-0.2, -0.15) is 0 Å². The molecule has 51 heavy (non-hydrogen) atoms. The Morgan fingerprint density at radius 2 is 1.49 bits per heavy atom. The molecule has 1 aliphatic heterocycles. The van der Waals surface area contributed by atoms with Crippen LogP contribution in [-0.2, 0) is 49.5 Å². The molecule has 282 valence electrons. The van der Waals surface area contributed by atoms with Gasteiger partial charge in [0.2, 0.25) is 23.6 Å². The van der Waals surface area contributed by atoms with E-state index >= 15 is 0 Å². The van der Waals surface area contributed by atoms with E-state index in [1.54, 1.807) is 25.7 Å². The first kappa shape index (κ1) is 42.7. The number of carbonyl (C=O) groups is 8. The van der Waals surface area contributed by atoms with E-state index in [1.165, 1.54) is 0 Å². The van der Waals surface area contributed by atoms with E-state index < -0.39 is 46.4 Å². The van der Waals surface area contributed by atoms with E-state index in [9.17, 15) is 38.4 Å². The second-order valence-corrected chi connectivity index (χ2v) is 15.2. The molecule has 13 heteroatoms. The quantitative estimate of drug-likeness (QED) is 0.0980. The molecule has 3 N–H and O–H groups in total. The van der Waals surface area contributed by atoms with Crippen LogP contribution >= 0.6 is 0 Å². The monoisotopic (exact) mass is 712 g/mol. The van der Waals surface area contributed by atoms with E-state index in [-0.39, 0.29) is 81.7 Å². The Bertz CT molecular complexity index is 1400. The summed E-state index contributed by atoms with van der Waals surface area (Å²) in [5, 5.41) is 7.67. The maximum atomic E-state index is 13.0. The van der Waals surface area contributed by atoms with Crippen molar-refractivity contribution in [1.82, 2.24) is 20.9 Å². The lowest BCUT2D eigenvalue weighted by Crippen LogP contribution is -2.42. The molecule has 1 heterocycles. The topological polar surface area (TPSA) is 185 Å². The molecular formula is C38H56N4O9. The van der Waals surface area contributed by atoms with Crippen molar-refractivity contribution in [2.24, 2.45) is 22.7 Å². The molecule has 2 atom stereocenters. The number of likely N-dealkylation sites (tertiary alicyclic amines) is 1. The van der Waals surface area contributed by atoms with Gasteiger partial charge in [-0.15, -0.1) is 0 Å². The average Bonchev–Trinajstić information content (AvgIpc) is 3.35. The highest BCUT2D eigenvalue weighted by atomic mass is 16.5. The lowest BCUT2D eigenvalue weighted by atomic mass is 9.79. The van der Waals surface area contributed by atoms with Gasteiger partial charge in [0, 0.05) is 38.1 Å². The number of nitrogens with zero attached hydrogens (tertiary/aromatic N) is 1. The number of benzene rings is 1. The second kappa shape index (κ2) is 20.4. The van der Waals surface area contributed by atoms with Gasteiger partial charge < -0.3 is 25.6 Å². The molecule has 0 spiro atoms. The molecule has 1 aromatic carbocycles. The molecule has 1 saturated heterocycles. The number of ketones is 3. The molecule has 1 aromatic rings. The van der Waals surface area contributed by atoms with Gasteiger partial charge in [0.15, 0.2) is 11.6 Å². The Hall–Kier alpha value is -4.42. The highest BCUT2D eigenvalue weighted by molar-refractivity contribution is 6.09. The van der Waals surface area contributed by atoms with Crippen LogP contribution in [0.1, 0.15) is 92.1 Å². The first-order chi connectivity index (χ1) is 23.9. The summed E-state index contributed by atoms with van der Waals surface area (Å²) in [6.45, 7) is 10.9. The standard InChI is InChI=1S/C38H56N4O9/c1-37(2,3)33-30(45)25-42(35(33)49)19-12-8-11-15-28(43)16-17-31(46)40-23-29(44)22-27(21-26-13-9-7-10-14-26)34(48)41-24-32(47)39-18-20-51-36(50)38(4,5)6/h7,9-10,13-14,27,33H,8,11-12,15-25H2,1-6H3,(H,39,47)(H,40,46)(H,41,48)/t27-,33?/m0/s1. The normalized spacial score (nSPS) is 15.3. The Morgan fingerprint density at radius 1 is 0.804 bits per heavy atom. The van der Waals surface area contributed by atoms with Crippen molar-refractivity contribution in [3.05, 3.63) is 35.9 Å². The van der Waals surface area contributed by atoms with Crippen LogP contribution in [0.5, 0.6) is 0 Å². The molecule has 1 fully saturated rings. The van der Waals surface area contributed by atoms with Gasteiger partial charge in [-0.1, -0.05) is 57.5 Å². The Kier molecular flexibility index (Phi) is 17.1. The maximum Gasteiger partial charge on any atom is 0.311 e. The summed E-state index contributed by atoms with van der Waals surface area (Å²) in [6, 6.07) is 9.12. The van der Waals surface area contributed by atoms with Crippen LogP contribution in [0.15, 0.2) is 30.3 Å². The number of unbranched alkanes of at least 4 members (excludes halogenated alkanes) is 2. The number of hydrogen-bond donors (Lipinski definition) is 3. The second-order valence-electron chi connectivity index (χ2n) is 15.2. The third-order valence-corrected chi connectivity index (χ3v) is 8.45. The van der Waals surface area contributed by atoms with Gasteiger partial charge in [0.25, 0.3) is 0 Å². The number of carbonyl (C=O) groups excluding carboxylic acids is 8. The summed E-state index contributed by atoms with van der Waals surface area (Å²) in [6.07, 6.45) is 2.34. The van der Waals surface area contributed by atoms with Gasteiger partial charge in [-0.3, -0.25) is 38.4 Å². The van der Waals surface area contributed by atoms with Crippen molar-refractivity contribution in [1.29, 1.82) is 0 Å². The van der Waals surface area contributed by atoms with Crippen LogP contribution in [0.2, 0.25) is 0 Å². The lowest BCUT2D eigenvalue weighted by Gasteiger charge is -2.24. The minimum absolute atomic E-state index is 0.00683. The molecule has 2 rings (SSSR count). The van der Waals surface area contributed by atoms with Crippen molar-refractivity contribution in [2.45, 2.75) is 92.9 Å². The molecule has 13 nitrogen and oxygen atoms in total. The Balaban J connectivity index is 1.70. The van der Waals surface area contributed by atoms with Crippen LogP contribution in [0.25, 0.3) is 0 Å². The number of ether oxygens (including phenoxy) is 1. The zero-order chi connectivity index (χ0) is 38.2. The minimum Gasteiger partial charge on any atom is -0.463 e. The van der Waals surface area contributed by atoms with E-state index in [4.69, 9.17) is 4.74 Å². The predicted octanol–water partition coefficient (Wildman–Crippen LogP) is 2.73. The van der Waals surface area contributed by atoms with Crippen LogP contribution in [0, 0.1) is 22.7 Å². The Labute approximate surface area is 301 Å². The van der Waals surface area contributed by atoms with Gasteiger partial charge in [-0.25, -0.2) is 0 Å². The number of rotatable bonds is 21. The zero-order valence-corrected chi connectivity index (χ0v) is 31.1. The number of Topliss-reactive ketones (excluding diaryl/α,β-unsaturated/α-hetero) is 3. The Morgan fingerprint density at radius 3 is 2.12 bits per heavy atom. The molecular weight excluding hydrogens is 656 g/mol. The van der Waals surface area contributed by atoms with Crippen LogP contribution in [0.4, 0.5) is 0 Å². The number of esters is 1. The van der Waals surface area contributed by atoms with Crippen LogP contribution in [0.3, 0.4) is 0 Å². The van der Waals surface area contributed by atoms with E-state index in [2.05, 4.69) is 16.0 Å².